The van der Waals surface area contributed by atoms with Crippen LogP contribution in [0, 0.1) is 17.7 Å². The zero-order valence-corrected chi connectivity index (χ0v) is 19.6. The van der Waals surface area contributed by atoms with Crippen LogP contribution in [0.4, 0.5) is 23.2 Å². The molecular weight excluding hydrogens is 462 g/mol. The molecule has 1 fully saturated rings. The van der Waals surface area contributed by atoms with Crippen molar-refractivity contribution in [1.29, 1.82) is 0 Å². The highest BCUT2D eigenvalue weighted by Crippen LogP contribution is 2.40. The predicted octanol–water partition coefficient (Wildman–Crippen LogP) is 6.49. The summed E-state index contributed by atoms with van der Waals surface area (Å²) in [6.45, 7) is 0. The summed E-state index contributed by atoms with van der Waals surface area (Å²) in [4.78, 5) is 7.65. The number of ether oxygens (including phenoxy) is 1. The number of nitrogens with zero attached hydrogens (tertiary/aromatic N) is 2. The molecule has 1 saturated carbocycles. The smallest absolute Gasteiger partial charge is 0.406 e. The van der Waals surface area contributed by atoms with Gasteiger partial charge in [0.1, 0.15) is 11.6 Å². The molecule has 4 rings (SSSR count). The highest BCUT2D eigenvalue weighted by Gasteiger charge is 2.31. The summed E-state index contributed by atoms with van der Waals surface area (Å²) in [5, 5.41) is 1.58. The van der Waals surface area contributed by atoms with Crippen molar-refractivity contribution in [2.45, 2.75) is 38.1 Å². The van der Waals surface area contributed by atoms with Crippen LogP contribution in [0.5, 0.6) is 5.75 Å². The molecule has 2 aromatic carbocycles. The largest absolute Gasteiger partial charge is 0.573 e. The zero-order valence-electron chi connectivity index (χ0n) is 19.6. The van der Waals surface area contributed by atoms with Crippen molar-refractivity contribution in [2.24, 2.45) is 11.8 Å². The van der Waals surface area contributed by atoms with Crippen molar-refractivity contribution in [2.75, 3.05) is 19.1 Å². The molecule has 2 aliphatic rings. The highest BCUT2D eigenvalue weighted by atomic mass is 19.4. The number of hydrogen-bond donors (Lipinski definition) is 1. The van der Waals surface area contributed by atoms with Gasteiger partial charge in [0, 0.05) is 6.04 Å². The predicted molar refractivity (Wildman–Crippen MR) is 125 cm³/mol. The van der Waals surface area contributed by atoms with Gasteiger partial charge in [0.25, 0.3) is 0 Å². The van der Waals surface area contributed by atoms with E-state index in [-0.39, 0.29) is 17.6 Å². The molecule has 0 aromatic heterocycles. The second kappa shape index (κ2) is 10.7. The van der Waals surface area contributed by atoms with Gasteiger partial charge >= 0.3 is 6.36 Å². The van der Waals surface area contributed by atoms with E-state index in [1.807, 2.05) is 26.2 Å². The third kappa shape index (κ3) is 6.76. The molecule has 1 N–H and O–H groups in total. The Labute approximate surface area is 202 Å². The SMILES string of the molecule is CN(C)C(c1cccc(F)c1)C1CCC(C=CC2=CN(c3ccc(OC(F)(F)F)cc3)NO2)CC1. The van der Waals surface area contributed by atoms with Crippen LogP contribution in [-0.4, -0.2) is 25.4 Å². The first-order valence-electron chi connectivity index (χ1n) is 11.6. The number of hydrogen-bond acceptors (Lipinski definition) is 5. The molecule has 188 valence electrons. The van der Waals surface area contributed by atoms with Crippen molar-refractivity contribution < 1.29 is 27.1 Å². The van der Waals surface area contributed by atoms with E-state index < -0.39 is 6.36 Å². The van der Waals surface area contributed by atoms with Gasteiger partial charge < -0.3 is 14.5 Å². The molecule has 0 saturated heterocycles. The summed E-state index contributed by atoms with van der Waals surface area (Å²) in [6.07, 6.45) is 5.22. The molecule has 0 bridgehead atoms. The van der Waals surface area contributed by atoms with Gasteiger partial charge in [-0.3, -0.25) is 0 Å². The molecule has 0 amide bonds. The summed E-state index contributed by atoms with van der Waals surface area (Å²) in [6, 6.07) is 12.6. The summed E-state index contributed by atoms with van der Waals surface area (Å²) >= 11 is 0. The van der Waals surface area contributed by atoms with Crippen LogP contribution in [0.2, 0.25) is 0 Å². The van der Waals surface area contributed by atoms with E-state index in [2.05, 4.69) is 21.3 Å². The van der Waals surface area contributed by atoms with Crippen LogP contribution in [0.25, 0.3) is 0 Å². The van der Waals surface area contributed by atoms with E-state index in [4.69, 9.17) is 4.84 Å². The van der Waals surface area contributed by atoms with Gasteiger partial charge in [-0.25, -0.2) is 9.40 Å². The number of halogens is 4. The quantitative estimate of drug-likeness (QED) is 0.448. The van der Waals surface area contributed by atoms with E-state index in [0.29, 0.717) is 23.3 Å². The van der Waals surface area contributed by atoms with Crippen LogP contribution in [-0.2, 0) is 4.84 Å². The summed E-state index contributed by atoms with van der Waals surface area (Å²) in [7, 11) is 4.09. The molecule has 35 heavy (non-hydrogen) atoms. The van der Waals surface area contributed by atoms with Crippen molar-refractivity contribution in [3.05, 3.63) is 84.0 Å². The van der Waals surface area contributed by atoms with E-state index in [1.165, 1.54) is 30.3 Å². The average Bonchev–Trinajstić information content (AvgIpc) is 3.27. The molecule has 0 radical (unpaired) electrons. The van der Waals surface area contributed by atoms with Gasteiger partial charge in [-0.05, 0) is 99.7 Å². The fraction of sp³-hybridized carbons (Fsp3) is 0.385. The Balaban J connectivity index is 1.31. The molecule has 5 nitrogen and oxygen atoms in total. The fourth-order valence-electron chi connectivity index (χ4n) is 4.86. The minimum Gasteiger partial charge on any atom is -0.406 e. The number of benzene rings is 2. The number of alkyl halides is 3. The van der Waals surface area contributed by atoms with Crippen LogP contribution < -0.4 is 15.3 Å². The van der Waals surface area contributed by atoms with Crippen molar-refractivity contribution in [3.8, 4) is 5.75 Å². The number of rotatable bonds is 7. The molecular formula is C26H29F4N3O2. The standard InChI is InChI=1S/C26H29F4N3O2/c1-32(2)25(20-4-3-5-21(27)16-20)19-9-6-18(7-10-19)8-13-24-17-33(31-35-24)22-11-14-23(15-12-22)34-26(28,29)30/h3-5,8,11-19,25,31H,6-7,9-10H2,1-2H3. The van der Waals surface area contributed by atoms with Crippen LogP contribution in [0.3, 0.4) is 0 Å². The fourth-order valence-corrected chi connectivity index (χ4v) is 4.86. The molecule has 1 aliphatic heterocycles. The van der Waals surface area contributed by atoms with Crippen LogP contribution >= 0.6 is 0 Å². The Morgan fingerprint density at radius 2 is 1.80 bits per heavy atom. The maximum atomic E-state index is 13.8. The lowest BCUT2D eigenvalue weighted by Crippen LogP contribution is -2.30. The zero-order chi connectivity index (χ0) is 25.0. The number of anilines is 1. The molecule has 0 spiro atoms. The number of hydrazine groups is 1. The maximum Gasteiger partial charge on any atom is 0.573 e. The summed E-state index contributed by atoms with van der Waals surface area (Å²) in [5.74, 6) is 0.992. The van der Waals surface area contributed by atoms with Gasteiger partial charge in [0.2, 0.25) is 0 Å². The van der Waals surface area contributed by atoms with Gasteiger partial charge in [-0.1, -0.05) is 23.8 Å². The minimum absolute atomic E-state index is 0.183. The van der Waals surface area contributed by atoms with Gasteiger partial charge in [-0.2, -0.15) is 0 Å². The second-order valence-corrected chi connectivity index (χ2v) is 9.13. The Kier molecular flexibility index (Phi) is 7.66. The first-order valence-corrected chi connectivity index (χ1v) is 11.6. The van der Waals surface area contributed by atoms with Gasteiger partial charge in [0.05, 0.1) is 11.9 Å². The van der Waals surface area contributed by atoms with E-state index >= 15 is 0 Å². The van der Waals surface area contributed by atoms with Crippen molar-refractivity contribution in [1.82, 2.24) is 10.5 Å². The Hall–Kier alpha value is -3.04. The number of allylic oxidation sites excluding steroid dienone is 2. The molecule has 2 aromatic rings. The van der Waals surface area contributed by atoms with Crippen molar-refractivity contribution >= 4 is 5.69 Å². The van der Waals surface area contributed by atoms with E-state index in [0.717, 1.165) is 31.2 Å². The number of nitrogens with one attached hydrogen (secondary N) is 1. The second-order valence-electron chi connectivity index (χ2n) is 9.13. The summed E-state index contributed by atoms with van der Waals surface area (Å²) in [5.41, 5.74) is 4.35. The molecule has 1 unspecified atom stereocenters. The Morgan fingerprint density at radius 1 is 1.09 bits per heavy atom. The van der Waals surface area contributed by atoms with Crippen LogP contribution in [0.1, 0.15) is 37.3 Å². The third-order valence-electron chi connectivity index (χ3n) is 6.41. The summed E-state index contributed by atoms with van der Waals surface area (Å²) < 4.78 is 54.6. The molecule has 1 aliphatic carbocycles. The third-order valence-corrected chi connectivity index (χ3v) is 6.41. The van der Waals surface area contributed by atoms with E-state index in [1.54, 1.807) is 23.3 Å². The van der Waals surface area contributed by atoms with Crippen LogP contribution in [0.15, 0.2) is 72.6 Å². The van der Waals surface area contributed by atoms with Gasteiger partial charge in [-0.15, -0.1) is 13.2 Å². The monoisotopic (exact) mass is 491 g/mol. The van der Waals surface area contributed by atoms with Gasteiger partial charge in [0.15, 0.2) is 5.76 Å². The lowest BCUT2D eigenvalue weighted by molar-refractivity contribution is -0.274. The molecule has 1 atom stereocenters. The topological polar surface area (TPSA) is 37.0 Å². The maximum absolute atomic E-state index is 13.8. The average molecular weight is 492 g/mol. The minimum atomic E-state index is -4.72. The highest BCUT2D eigenvalue weighted by molar-refractivity contribution is 5.51. The first kappa shape index (κ1) is 25.1. The first-order chi connectivity index (χ1) is 16.7. The normalized spacial score (nSPS) is 21.8. The Bertz CT molecular complexity index is 1050. The lowest BCUT2D eigenvalue weighted by atomic mass is 9.76. The Morgan fingerprint density at radius 3 is 2.43 bits per heavy atom. The van der Waals surface area contributed by atoms with E-state index in [9.17, 15) is 17.6 Å². The lowest BCUT2D eigenvalue weighted by Gasteiger charge is -2.37. The van der Waals surface area contributed by atoms with Crippen molar-refractivity contribution in [3.63, 3.8) is 0 Å². The molecule has 1 heterocycles. The molecule has 9 heteroatoms.